The van der Waals surface area contributed by atoms with Crippen LogP contribution in [0.3, 0.4) is 0 Å². The number of carbonyl (C=O) groups is 1. The molecule has 0 radical (unpaired) electrons. The highest BCUT2D eigenvalue weighted by atomic mass is 35.5. The van der Waals surface area contributed by atoms with Gasteiger partial charge in [-0.2, -0.15) is 10.2 Å². The molecule has 1 aliphatic rings. The third-order valence-corrected chi connectivity index (χ3v) is 3.84. The second-order valence-corrected chi connectivity index (χ2v) is 5.56. The second kappa shape index (κ2) is 5.87. The molecule has 3 atom stereocenters. The van der Waals surface area contributed by atoms with Gasteiger partial charge in [0.15, 0.2) is 0 Å². The molecule has 1 saturated carbocycles. The van der Waals surface area contributed by atoms with Crippen LogP contribution in [-0.2, 0) is 11.3 Å². The van der Waals surface area contributed by atoms with E-state index in [9.17, 15) is 9.90 Å². The van der Waals surface area contributed by atoms with E-state index in [-0.39, 0.29) is 18.0 Å². The molecule has 2 N–H and O–H groups in total. The minimum Gasteiger partial charge on any atom is -0.391 e. The number of nitrogens with zero attached hydrogens (tertiary/aromatic N) is 4. The number of halogens is 1. The fourth-order valence-electron chi connectivity index (χ4n) is 2.53. The molecule has 0 saturated heterocycles. The Labute approximate surface area is 126 Å². The number of hydrogen-bond donors (Lipinski definition) is 2. The first-order valence-corrected chi connectivity index (χ1v) is 7.16. The summed E-state index contributed by atoms with van der Waals surface area (Å²) in [5.41, 5.74) is 0. The van der Waals surface area contributed by atoms with Crippen molar-refractivity contribution in [3.63, 3.8) is 0 Å². The minimum absolute atomic E-state index is 0.0734. The molecule has 0 aliphatic heterocycles. The van der Waals surface area contributed by atoms with Gasteiger partial charge in [0.1, 0.15) is 0 Å². The monoisotopic (exact) mass is 309 g/mol. The molecule has 3 rings (SSSR count). The zero-order valence-electron chi connectivity index (χ0n) is 11.3. The van der Waals surface area contributed by atoms with Crippen LogP contribution in [0.5, 0.6) is 0 Å². The molecule has 0 bridgehead atoms. The Kier molecular flexibility index (Phi) is 3.94. The summed E-state index contributed by atoms with van der Waals surface area (Å²) in [5, 5.41) is 21.5. The Hall–Kier alpha value is -1.86. The SMILES string of the molecule is O=C(CCn1cc(Cl)cn1)N[C@H]1C[C@@H](O)[C@@H]1n1cccn1. The predicted octanol–water partition coefficient (Wildman–Crippen LogP) is 0.614. The molecule has 1 fully saturated rings. The summed E-state index contributed by atoms with van der Waals surface area (Å²) in [5.74, 6) is -0.0734. The summed E-state index contributed by atoms with van der Waals surface area (Å²) >= 11 is 5.76. The molecule has 2 aromatic heterocycles. The van der Waals surface area contributed by atoms with Gasteiger partial charge in [-0.3, -0.25) is 14.2 Å². The van der Waals surface area contributed by atoms with Gasteiger partial charge >= 0.3 is 0 Å². The average Bonchev–Trinajstić information content (AvgIpc) is 3.07. The van der Waals surface area contributed by atoms with Gasteiger partial charge in [-0.25, -0.2) is 0 Å². The summed E-state index contributed by atoms with van der Waals surface area (Å²) in [4.78, 5) is 12.0. The molecule has 112 valence electrons. The van der Waals surface area contributed by atoms with Crippen LogP contribution in [0.2, 0.25) is 5.02 Å². The first kappa shape index (κ1) is 14.1. The summed E-state index contributed by atoms with van der Waals surface area (Å²) < 4.78 is 3.31. The molecule has 1 aliphatic carbocycles. The number of nitrogens with one attached hydrogen (secondary N) is 1. The van der Waals surface area contributed by atoms with Crippen molar-refractivity contribution in [1.82, 2.24) is 24.9 Å². The molecule has 0 aromatic carbocycles. The smallest absolute Gasteiger partial charge is 0.222 e. The Morgan fingerprint density at radius 2 is 2.38 bits per heavy atom. The van der Waals surface area contributed by atoms with Gasteiger partial charge in [0.2, 0.25) is 5.91 Å². The van der Waals surface area contributed by atoms with E-state index < -0.39 is 6.10 Å². The van der Waals surface area contributed by atoms with Crippen LogP contribution in [0.25, 0.3) is 0 Å². The van der Waals surface area contributed by atoms with Crippen molar-refractivity contribution in [2.75, 3.05) is 0 Å². The third kappa shape index (κ3) is 3.08. The molecule has 0 spiro atoms. The summed E-state index contributed by atoms with van der Waals surface area (Å²) in [7, 11) is 0. The highest BCUT2D eigenvalue weighted by Gasteiger charge is 2.42. The maximum absolute atomic E-state index is 12.0. The molecule has 0 unspecified atom stereocenters. The number of hydrogen-bond acceptors (Lipinski definition) is 4. The lowest BCUT2D eigenvalue weighted by molar-refractivity contribution is -0.124. The van der Waals surface area contributed by atoms with Crippen LogP contribution in [0.4, 0.5) is 0 Å². The fourth-order valence-corrected chi connectivity index (χ4v) is 2.69. The van der Waals surface area contributed by atoms with E-state index in [2.05, 4.69) is 15.5 Å². The standard InChI is InChI=1S/C13H16ClN5O2/c14-9-7-16-18(8-9)5-2-12(21)17-10-6-11(20)13(10)19-4-1-3-15-19/h1,3-4,7-8,10-11,13,20H,2,5-6H2,(H,17,21)/t10-,11+,13+/m0/s1. The van der Waals surface area contributed by atoms with Crippen molar-refractivity contribution in [2.45, 2.75) is 37.6 Å². The van der Waals surface area contributed by atoms with Crippen LogP contribution in [0.1, 0.15) is 18.9 Å². The van der Waals surface area contributed by atoms with Crippen LogP contribution >= 0.6 is 11.6 Å². The molecule has 8 heteroatoms. The topological polar surface area (TPSA) is 85.0 Å². The van der Waals surface area contributed by atoms with Gasteiger partial charge in [-0.05, 0) is 12.5 Å². The van der Waals surface area contributed by atoms with E-state index in [1.165, 1.54) is 6.20 Å². The van der Waals surface area contributed by atoms with Crippen molar-refractivity contribution in [2.24, 2.45) is 0 Å². The maximum atomic E-state index is 12.0. The Morgan fingerprint density at radius 3 is 3.00 bits per heavy atom. The van der Waals surface area contributed by atoms with Crippen molar-refractivity contribution in [1.29, 1.82) is 0 Å². The van der Waals surface area contributed by atoms with E-state index in [4.69, 9.17) is 11.6 Å². The van der Waals surface area contributed by atoms with Crippen molar-refractivity contribution >= 4 is 17.5 Å². The first-order chi connectivity index (χ1) is 10.1. The van der Waals surface area contributed by atoms with Gasteiger partial charge < -0.3 is 10.4 Å². The van der Waals surface area contributed by atoms with Crippen LogP contribution < -0.4 is 5.32 Å². The normalized spacial score (nSPS) is 24.6. The Morgan fingerprint density at radius 1 is 1.52 bits per heavy atom. The lowest BCUT2D eigenvalue weighted by Gasteiger charge is -2.41. The number of aliphatic hydroxyl groups excluding tert-OH is 1. The lowest BCUT2D eigenvalue weighted by atomic mass is 9.83. The molecule has 2 aromatic rings. The molecular formula is C13H16ClN5O2. The summed E-state index contributed by atoms with van der Waals surface area (Å²) in [6.45, 7) is 0.472. The van der Waals surface area contributed by atoms with Crippen LogP contribution in [0.15, 0.2) is 30.9 Å². The number of aliphatic hydroxyl groups is 1. The molecule has 2 heterocycles. The number of aryl methyl sites for hydroxylation is 1. The molecular weight excluding hydrogens is 294 g/mol. The fraction of sp³-hybridized carbons (Fsp3) is 0.462. The minimum atomic E-state index is -0.472. The Bertz CT molecular complexity index is 612. The van der Waals surface area contributed by atoms with Crippen LogP contribution in [-0.4, -0.2) is 42.7 Å². The van der Waals surface area contributed by atoms with E-state index in [0.717, 1.165) is 0 Å². The van der Waals surface area contributed by atoms with E-state index in [1.807, 2.05) is 0 Å². The highest BCUT2D eigenvalue weighted by Crippen LogP contribution is 2.32. The third-order valence-electron chi connectivity index (χ3n) is 3.65. The summed E-state index contributed by atoms with van der Waals surface area (Å²) in [6, 6.07) is 1.52. The van der Waals surface area contributed by atoms with Gasteiger partial charge in [0.05, 0.1) is 29.4 Å². The van der Waals surface area contributed by atoms with Crippen LogP contribution in [0, 0.1) is 0 Å². The van der Waals surface area contributed by atoms with Crippen molar-refractivity contribution < 1.29 is 9.90 Å². The van der Waals surface area contributed by atoms with E-state index in [0.29, 0.717) is 24.4 Å². The molecule has 1 amide bonds. The zero-order chi connectivity index (χ0) is 14.8. The summed E-state index contributed by atoms with van der Waals surface area (Å²) in [6.07, 6.45) is 7.05. The first-order valence-electron chi connectivity index (χ1n) is 6.78. The number of rotatable bonds is 5. The maximum Gasteiger partial charge on any atom is 0.222 e. The van der Waals surface area contributed by atoms with Crippen molar-refractivity contribution in [3.05, 3.63) is 35.9 Å². The van der Waals surface area contributed by atoms with Gasteiger partial charge in [-0.1, -0.05) is 11.6 Å². The largest absolute Gasteiger partial charge is 0.391 e. The van der Waals surface area contributed by atoms with E-state index >= 15 is 0 Å². The zero-order valence-corrected chi connectivity index (χ0v) is 12.0. The van der Waals surface area contributed by atoms with Gasteiger partial charge in [0.25, 0.3) is 0 Å². The van der Waals surface area contributed by atoms with Crippen molar-refractivity contribution in [3.8, 4) is 0 Å². The van der Waals surface area contributed by atoms with E-state index in [1.54, 1.807) is 34.0 Å². The molecule has 7 nitrogen and oxygen atoms in total. The predicted molar refractivity (Wildman–Crippen MR) is 75.7 cm³/mol. The number of amides is 1. The number of aromatic nitrogens is 4. The lowest BCUT2D eigenvalue weighted by Crippen LogP contribution is -2.56. The second-order valence-electron chi connectivity index (χ2n) is 5.13. The molecule has 21 heavy (non-hydrogen) atoms. The quantitative estimate of drug-likeness (QED) is 0.847. The Balaban J connectivity index is 1.51. The van der Waals surface area contributed by atoms with Gasteiger partial charge in [-0.15, -0.1) is 0 Å². The highest BCUT2D eigenvalue weighted by molar-refractivity contribution is 6.30. The van der Waals surface area contributed by atoms with Gasteiger partial charge in [0, 0.05) is 31.6 Å². The average molecular weight is 310 g/mol. The number of carbonyl (C=O) groups excluding carboxylic acids is 1.